The molecule has 0 fully saturated rings. The van der Waals surface area contributed by atoms with E-state index in [1.54, 1.807) is 6.92 Å². The largest absolute Gasteiger partial charge is 0.416 e. The molecule has 2 rings (SSSR count). The van der Waals surface area contributed by atoms with Gasteiger partial charge in [-0.1, -0.05) is 5.16 Å². The van der Waals surface area contributed by atoms with E-state index in [4.69, 9.17) is 21.9 Å². The van der Waals surface area contributed by atoms with Gasteiger partial charge in [0.2, 0.25) is 11.1 Å². The molecule has 0 saturated carbocycles. The van der Waals surface area contributed by atoms with E-state index in [0.717, 1.165) is 12.1 Å². The van der Waals surface area contributed by atoms with Crippen LogP contribution in [0, 0.1) is 6.92 Å². The second kappa shape index (κ2) is 7.23. The van der Waals surface area contributed by atoms with Crippen molar-refractivity contribution in [3.05, 3.63) is 45.8 Å². The molecule has 0 aliphatic carbocycles. The Labute approximate surface area is 140 Å². The van der Waals surface area contributed by atoms with Crippen LogP contribution in [0.1, 0.15) is 28.8 Å². The van der Waals surface area contributed by atoms with Crippen LogP contribution in [0.5, 0.6) is 0 Å². The molecule has 0 aliphatic heterocycles. The number of hydrogen-bond donors (Lipinski definition) is 2. The van der Waals surface area contributed by atoms with Crippen molar-refractivity contribution < 1.29 is 22.5 Å². The van der Waals surface area contributed by atoms with Gasteiger partial charge in [-0.3, -0.25) is 4.79 Å². The topological polar surface area (TPSA) is 81.2 Å². The average Bonchev–Trinajstić information content (AvgIpc) is 2.82. The normalized spacial score (nSPS) is 11.6. The van der Waals surface area contributed by atoms with Crippen molar-refractivity contribution in [3.8, 4) is 0 Å². The first-order chi connectivity index (χ1) is 11.2. The van der Waals surface area contributed by atoms with Gasteiger partial charge in [-0.25, -0.2) is 0 Å². The Morgan fingerprint density at radius 3 is 2.62 bits per heavy atom. The number of nitrogens with two attached hydrogens (primary N) is 1. The van der Waals surface area contributed by atoms with Crippen molar-refractivity contribution in [1.82, 2.24) is 5.16 Å². The molecule has 1 heterocycles. The van der Waals surface area contributed by atoms with Gasteiger partial charge in [0.05, 0.1) is 11.3 Å². The second-order valence-corrected chi connectivity index (χ2v) is 5.53. The minimum absolute atomic E-state index is 0.0238. The van der Waals surface area contributed by atoms with Crippen molar-refractivity contribution >= 4 is 23.2 Å². The number of alkyl halides is 3. The van der Waals surface area contributed by atoms with Gasteiger partial charge in [0.1, 0.15) is 0 Å². The number of aryl methyl sites for hydroxylation is 1. The zero-order valence-electron chi connectivity index (χ0n) is 12.7. The van der Waals surface area contributed by atoms with E-state index in [0.29, 0.717) is 11.3 Å². The molecule has 0 aliphatic rings. The summed E-state index contributed by atoms with van der Waals surface area (Å²) in [4.78, 5) is 12.0. The SMILES string of the molecule is Cc1noc(Cl)c1CCC(=O)Nc1cc(CN)cc(C(F)(F)F)c1. The standard InChI is InChI=1S/C15H15ClF3N3O2/c1-8-12(14(16)24-22-8)2-3-13(23)21-11-5-9(7-20)4-10(6-11)15(17,18)19/h4-6H,2-3,7,20H2,1H3,(H,21,23). The van der Waals surface area contributed by atoms with E-state index in [2.05, 4.69) is 10.5 Å². The summed E-state index contributed by atoms with van der Waals surface area (Å²) in [6, 6.07) is 3.23. The Balaban J connectivity index is 2.08. The molecule has 0 bridgehead atoms. The number of aromatic nitrogens is 1. The van der Waals surface area contributed by atoms with Gasteiger partial charge in [-0.05, 0) is 48.7 Å². The lowest BCUT2D eigenvalue weighted by atomic mass is 10.1. The molecule has 9 heteroatoms. The number of nitrogens with zero attached hydrogens (tertiary/aromatic N) is 1. The molecule has 2 aromatic rings. The van der Waals surface area contributed by atoms with Crippen LogP contribution >= 0.6 is 11.6 Å². The first-order valence-electron chi connectivity index (χ1n) is 7.02. The van der Waals surface area contributed by atoms with E-state index in [-0.39, 0.29) is 35.9 Å². The Kier molecular flexibility index (Phi) is 5.51. The maximum Gasteiger partial charge on any atom is 0.416 e. The zero-order chi connectivity index (χ0) is 17.9. The third-order valence-electron chi connectivity index (χ3n) is 3.38. The number of rotatable bonds is 5. The second-order valence-electron chi connectivity index (χ2n) is 5.19. The van der Waals surface area contributed by atoms with E-state index in [9.17, 15) is 18.0 Å². The van der Waals surface area contributed by atoms with Crippen LogP contribution in [0.15, 0.2) is 22.7 Å². The van der Waals surface area contributed by atoms with E-state index < -0.39 is 17.6 Å². The van der Waals surface area contributed by atoms with Crippen LogP contribution < -0.4 is 11.1 Å². The van der Waals surface area contributed by atoms with Crippen molar-refractivity contribution in [2.45, 2.75) is 32.5 Å². The van der Waals surface area contributed by atoms with Crippen LogP contribution in [-0.4, -0.2) is 11.1 Å². The highest BCUT2D eigenvalue weighted by Crippen LogP contribution is 2.32. The Morgan fingerprint density at radius 2 is 2.08 bits per heavy atom. The van der Waals surface area contributed by atoms with E-state index in [1.165, 1.54) is 6.07 Å². The third kappa shape index (κ3) is 4.48. The Morgan fingerprint density at radius 1 is 1.38 bits per heavy atom. The van der Waals surface area contributed by atoms with Crippen LogP contribution in [-0.2, 0) is 23.9 Å². The molecule has 0 spiro atoms. The maximum atomic E-state index is 12.9. The molecule has 3 N–H and O–H groups in total. The van der Waals surface area contributed by atoms with Crippen LogP contribution in [0.4, 0.5) is 18.9 Å². The predicted octanol–water partition coefficient (Wildman–Crippen LogP) is 3.69. The third-order valence-corrected chi connectivity index (χ3v) is 3.68. The molecular weight excluding hydrogens is 347 g/mol. The molecular formula is C15H15ClF3N3O2. The van der Waals surface area contributed by atoms with Crippen molar-refractivity contribution in [2.75, 3.05) is 5.32 Å². The quantitative estimate of drug-likeness (QED) is 0.851. The summed E-state index contributed by atoms with van der Waals surface area (Å²) >= 11 is 5.80. The van der Waals surface area contributed by atoms with Gasteiger partial charge in [0.25, 0.3) is 0 Å². The van der Waals surface area contributed by atoms with Crippen LogP contribution in [0.2, 0.25) is 5.22 Å². The molecule has 0 saturated heterocycles. The number of benzene rings is 1. The molecule has 0 atom stereocenters. The molecule has 1 amide bonds. The van der Waals surface area contributed by atoms with Gasteiger partial charge in [-0.15, -0.1) is 0 Å². The number of hydrogen-bond acceptors (Lipinski definition) is 4. The summed E-state index contributed by atoms with van der Waals surface area (Å²) in [6.07, 6.45) is -4.23. The fourth-order valence-electron chi connectivity index (χ4n) is 2.15. The first-order valence-corrected chi connectivity index (χ1v) is 7.40. The summed E-state index contributed by atoms with van der Waals surface area (Å²) in [7, 11) is 0. The fourth-order valence-corrected chi connectivity index (χ4v) is 2.41. The average molecular weight is 362 g/mol. The monoisotopic (exact) mass is 361 g/mol. The minimum Gasteiger partial charge on any atom is -0.344 e. The Bertz CT molecular complexity index is 725. The summed E-state index contributed by atoms with van der Waals surface area (Å²) < 4.78 is 43.4. The smallest absolute Gasteiger partial charge is 0.344 e. The summed E-state index contributed by atoms with van der Waals surface area (Å²) in [5, 5.41) is 6.21. The van der Waals surface area contributed by atoms with E-state index >= 15 is 0 Å². The molecule has 1 aromatic heterocycles. The zero-order valence-corrected chi connectivity index (χ0v) is 13.5. The lowest BCUT2D eigenvalue weighted by Gasteiger charge is -2.12. The highest BCUT2D eigenvalue weighted by atomic mass is 35.5. The minimum atomic E-state index is -4.52. The van der Waals surface area contributed by atoms with Crippen LogP contribution in [0.25, 0.3) is 0 Å². The highest BCUT2D eigenvalue weighted by Gasteiger charge is 2.31. The maximum absolute atomic E-state index is 12.9. The first kappa shape index (κ1) is 18.3. The number of nitrogens with one attached hydrogen (secondary N) is 1. The predicted molar refractivity (Wildman–Crippen MR) is 82.5 cm³/mol. The van der Waals surface area contributed by atoms with Crippen molar-refractivity contribution in [1.29, 1.82) is 0 Å². The lowest BCUT2D eigenvalue weighted by molar-refractivity contribution is -0.137. The number of halogens is 4. The number of anilines is 1. The number of carbonyl (C=O) groups is 1. The Hall–Kier alpha value is -2.06. The summed E-state index contributed by atoms with van der Waals surface area (Å²) in [5.41, 5.74) is 6.03. The van der Waals surface area contributed by atoms with Gasteiger partial charge >= 0.3 is 6.18 Å². The molecule has 5 nitrogen and oxygen atoms in total. The van der Waals surface area contributed by atoms with Crippen LogP contribution in [0.3, 0.4) is 0 Å². The number of amides is 1. The molecule has 0 unspecified atom stereocenters. The van der Waals surface area contributed by atoms with E-state index in [1.807, 2.05) is 0 Å². The lowest BCUT2D eigenvalue weighted by Crippen LogP contribution is -2.15. The van der Waals surface area contributed by atoms with Gasteiger partial charge in [0.15, 0.2) is 0 Å². The number of carbonyl (C=O) groups excluding carboxylic acids is 1. The molecule has 130 valence electrons. The molecule has 1 aromatic carbocycles. The van der Waals surface area contributed by atoms with Gasteiger partial charge in [-0.2, -0.15) is 13.2 Å². The summed E-state index contributed by atoms with van der Waals surface area (Å²) in [5.74, 6) is -0.450. The molecule has 24 heavy (non-hydrogen) atoms. The molecule has 0 radical (unpaired) electrons. The van der Waals surface area contributed by atoms with Gasteiger partial charge in [0, 0.05) is 24.2 Å². The highest BCUT2D eigenvalue weighted by molar-refractivity contribution is 6.29. The van der Waals surface area contributed by atoms with Crippen molar-refractivity contribution in [2.24, 2.45) is 5.73 Å². The fraction of sp³-hybridized carbons (Fsp3) is 0.333. The van der Waals surface area contributed by atoms with Gasteiger partial charge < -0.3 is 15.6 Å². The van der Waals surface area contributed by atoms with Crippen molar-refractivity contribution in [3.63, 3.8) is 0 Å². The summed E-state index contributed by atoms with van der Waals surface area (Å²) in [6.45, 7) is 1.62.